The highest BCUT2D eigenvalue weighted by molar-refractivity contribution is 6.33. The third kappa shape index (κ3) is 3.01. The first kappa shape index (κ1) is 16.1. The van der Waals surface area contributed by atoms with Crippen molar-refractivity contribution in [3.05, 3.63) is 69.7 Å². The van der Waals surface area contributed by atoms with Crippen LogP contribution in [-0.4, -0.2) is 24.4 Å². The molecule has 3 aromatic heterocycles. The Morgan fingerprint density at radius 2 is 1.96 bits per heavy atom. The van der Waals surface area contributed by atoms with E-state index in [0.717, 1.165) is 33.9 Å². The Labute approximate surface area is 154 Å². The first-order chi connectivity index (χ1) is 12.0. The molecule has 0 aliphatic heterocycles. The zero-order valence-electron chi connectivity index (χ0n) is 13.7. The number of hydrogen-bond acceptors (Lipinski definition) is 3. The van der Waals surface area contributed by atoms with Gasteiger partial charge in [0.25, 0.3) is 0 Å². The van der Waals surface area contributed by atoms with E-state index < -0.39 is 0 Å². The van der Waals surface area contributed by atoms with Gasteiger partial charge in [-0.25, -0.2) is 9.50 Å². The van der Waals surface area contributed by atoms with Crippen molar-refractivity contribution < 1.29 is 0 Å². The van der Waals surface area contributed by atoms with Gasteiger partial charge < -0.3 is 0 Å². The zero-order valence-corrected chi connectivity index (χ0v) is 15.3. The fraction of sp³-hybridized carbons (Fsp3) is 0.167. The van der Waals surface area contributed by atoms with Crippen molar-refractivity contribution in [2.24, 2.45) is 7.05 Å². The van der Waals surface area contributed by atoms with E-state index in [1.807, 2.05) is 48.9 Å². The smallest absolute Gasteiger partial charge is 0.154 e. The van der Waals surface area contributed by atoms with Gasteiger partial charge >= 0.3 is 0 Å². The van der Waals surface area contributed by atoms with Gasteiger partial charge in [-0.1, -0.05) is 23.2 Å². The number of rotatable bonds is 3. The van der Waals surface area contributed by atoms with Gasteiger partial charge in [0.15, 0.2) is 5.65 Å². The predicted molar refractivity (Wildman–Crippen MR) is 99.2 cm³/mol. The van der Waals surface area contributed by atoms with Crippen LogP contribution in [0.25, 0.3) is 16.9 Å². The Bertz CT molecular complexity index is 1080. The molecule has 0 unspecified atom stereocenters. The third-order valence-corrected chi connectivity index (χ3v) is 4.74. The Kier molecular flexibility index (Phi) is 3.98. The van der Waals surface area contributed by atoms with Crippen molar-refractivity contribution >= 4 is 28.8 Å². The lowest BCUT2D eigenvalue weighted by Gasteiger charge is -2.07. The van der Waals surface area contributed by atoms with E-state index in [4.69, 9.17) is 28.3 Å². The highest BCUT2D eigenvalue weighted by atomic mass is 35.5. The van der Waals surface area contributed by atoms with E-state index in [2.05, 4.69) is 10.1 Å². The molecule has 4 rings (SSSR count). The molecule has 4 aromatic rings. The van der Waals surface area contributed by atoms with Crippen LogP contribution in [0.2, 0.25) is 10.0 Å². The van der Waals surface area contributed by atoms with Gasteiger partial charge in [-0.3, -0.25) is 4.68 Å². The second-order valence-corrected chi connectivity index (χ2v) is 6.79. The molecule has 0 aliphatic rings. The minimum Gasteiger partial charge on any atom is -0.275 e. The van der Waals surface area contributed by atoms with Crippen LogP contribution in [0.4, 0.5) is 0 Å². The van der Waals surface area contributed by atoms with E-state index in [9.17, 15) is 0 Å². The Hall–Kier alpha value is -2.37. The number of benzene rings is 1. The SMILES string of the molecule is Cc1nc2ccc(-c3cnn(C)c3)nn2c1Cc1cc(Cl)ccc1Cl. The van der Waals surface area contributed by atoms with Crippen LogP contribution in [0.5, 0.6) is 0 Å². The molecule has 0 radical (unpaired) electrons. The predicted octanol–water partition coefficient (Wildman–Crippen LogP) is 4.34. The Balaban J connectivity index is 1.82. The Morgan fingerprint density at radius 1 is 1.12 bits per heavy atom. The molecule has 0 N–H and O–H groups in total. The summed E-state index contributed by atoms with van der Waals surface area (Å²) in [5.41, 5.74) is 5.47. The summed E-state index contributed by atoms with van der Waals surface area (Å²) in [4.78, 5) is 4.60. The maximum Gasteiger partial charge on any atom is 0.154 e. The van der Waals surface area contributed by atoms with Gasteiger partial charge in [-0.2, -0.15) is 10.2 Å². The van der Waals surface area contributed by atoms with Gasteiger partial charge in [-0.15, -0.1) is 0 Å². The molecule has 0 aliphatic carbocycles. The fourth-order valence-corrected chi connectivity index (χ4v) is 3.24. The monoisotopic (exact) mass is 371 g/mol. The molecule has 0 amide bonds. The normalized spacial score (nSPS) is 11.4. The molecule has 0 bridgehead atoms. The van der Waals surface area contributed by atoms with Gasteiger partial charge in [0.1, 0.15) is 0 Å². The highest BCUT2D eigenvalue weighted by Gasteiger charge is 2.14. The number of hydrogen-bond donors (Lipinski definition) is 0. The number of aryl methyl sites for hydroxylation is 2. The summed E-state index contributed by atoms with van der Waals surface area (Å²) in [6.45, 7) is 1.98. The van der Waals surface area contributed by atoms with Crippen molar-refractivity contribution in [2.45, 2.75) is 13.3 Å². The topological polar surface area (TPSA) is 48.0 Å². The first-order valence-electron chi connectivity index (χ1n) is 7.79. The first-order valence-corrected chi connectivity index (χ1v) is 8.55. The average Bonchev–Trinajstić information content (AvgIpc) is 3.14. The van der Waals surface area contributed by atoms with E-state index in [1.54, 1.807) is 16.9 Å². The van der Waals surface area contributed by atoms with Crippen LogP contribution >= 0.6 is 23.2 Å². The molecule has 0 saturated carbocycles. The number of aromatic nitrogens is 5. The summed E-state index contributed by atoms with van der Waals surface area (Å²) in [6, 6.07) is 9.40. The quantitative estimate of drug-likeness (QED) is 0.538. The summed E-state index contributed by atoms with van der Waals surface area (Å²) in [5, 5.41) is 10.3. The Morgan fingerprint density at radius 3 is 2.72 bits per heavy atom. The summed E-state index contributed by atoms with van der Waals surface area (Å²) >= 11 is 12.4. The lowest BCUT2D eigenvalue weighted by Crippen LogP contribution is -2.01. The number of halogens is 2. The second-order valence-electron chi connectivity index (χ2n) is 5.95. The van der Waals surface area contributed by atoms with E-state index in [1.165, 1.54) is 0 Å². The molecule has 7 heteroatoms. The molecular formula is C18H15Cl2N5. The molecule has 5 nitrogen and oxygen atoms in total. The third-order valence-electron chi connectivity index (χ3n) is 4.14. The molecule has 126 valence electrons. The van der Waals surface area contributed by atoms with Crippen LogP contribution in [0.3, 0.4) is 0 Å². The van der Waals surface area contributed by atoms with Crippen molar-refractivity contribution in [2.75, 3.05) is 0 Å². The minimum absolute atomic E-state index is 0.607. The summed E-state index contributed by atoms with van der Waals surface area (Å²) in [6.07, 6.45) is 4.34. The summed E-state index contributed by atoms with van der Waals surface area (Å²) < 4.78 is 3.63. The van der Waals surface area contributed by atoms with Gasteiger partial charge in [0.05, 0.1) is 23.3 Å². The van der Waals surface area contributed by atoms with Crippen molar-refractivity contribution in [1.82, 2.24) is 24.4 Å². The lowest BCUT2D eigenvalue weighted by atomic mass is 10.1. The average molecular weight is 372 g/mol. The van der Waals surface area contributed by atoms with Gasteiger partial charge in [0, 0.05) is 35.3 Å². The molecule has 25 heavy (non-hydrogen) atoms. The van der Waals surface area contributed by atoms with Gasteiger partial charge in [-0.05, 0) is 42.8 Å². The molecule has 0 atom stereocenters. The highest BCUT2D eigenvalue weighted by Crippen LogP contribution is 2.25. The molecule has 0 saturated heterocycles. The van der Waals surface area contributed by atoms with Crippen LogP contribution in [0.15, 0.2) is 42.7 Å². The number of fused-ring (bicyclic) bond motifs is 1. The second kappa shape index (κ2) is 6.17. The van der Waals surface area contributed by atoms with Crippen LogP contribution in [0.1, 0.15) is 17.0 Å². The van der Waals surface area contributed by atoms with Crippen LogP contribution < -0.4 is 0 Å². The molecule has 0 fully saturated rings. The van der Waals surface area contributed by atoms with E-state index >= 15 is 0 Å². The number of nitrogens with zero attached hydrogens (tertiary/aromatic N) is 5. The van der Waals surface area contributed by atoms with Crippen LogP contribution in [-0.2, 0) is 13.5 Å². The molecule has 0 spiro atoms. The zero-order chi connectivity index (χ0) is 17.6. The van der Waals surface area contributed by atoms with Crippen molar-refractivity contribution in [3.8, 4) is 11.3 Å². The van der Waals surface area contributed by atoms with E-state index in [0.29, 0.717) is 16.5 Å². The molecule has 3 heterocycles. The number of imidazole rings is 1. The largest absolute Gasteiger partial charge is 0.275 e. The fourth-order valence-electron chi connectivity index (χ4n) is 2.86. The molecular weight excluding hydrogens is 357 g/mol. The minimum atomic E-state index is 0.607. The molecule has 1 aromatic carbocycles. The standard InChI is InChI=1S/C18H15Cl2N5/c1-11-17(8-12-7-14(19)3-4-15(12)20)25-18(22-11)6-5-16(23-25)13-9-21-24(2)10-13/h3-7,9-10H,8H2,1-2H3. The maximum absolute atomic E-state index is 6.33. The lowest BCUT2D eigenvalue weighted by molar-refractivity contribution is 0.768. The van der Waals surface area contributed by atoms with Crippen molar-refractivity contribution in [1.29, 1.82) is 0 Å². The van der Waals surface area contributed by atoms with Crippen molar-refractivity contribution in [3.63, 3.8) is 0 Å². The van der Waals surface area contributed by atoms with E-state index in [-0.39, 0.29) is 0 Å². The summed E-state index contributed by atoms with van der Waals surface area (Å²) in [5.74, 6) is 0. The maximum atomic E-state index is 6.33. The van der Waals surface area contributed by atoms with Crippen LogP contribution in [0, 0.1) is 6.92 Å². The summed E-state index contributed by atoms with van der Waals surface area (Å²) in [7, 11) is 1.88. The van der Waals surface area contributed by atoms with Gasteiger partial charge in [0.2, 0.25) is 0 Å².